The van der Waals surface area contributed by atoms with Gasteiger partial charge in [-0.05, 0) is 30.3 Å². The van der Waals surface area contributed by atoms with Crippen molar-refractivity contribution >= 4 is 17.2 Å². The fourth-order valence-electron chi connectivity index (χ4n) is 2.43. The minimum absolute atomic E-state index is 0.157. The summed E-state index contributed by atoms with van der Waals surface area (Å²) < 4.78 is 10.4. The van der Waals surface area contributed by atoms with Crippen molar-refractivity contribution in [2.24, 2.45) is 0 Å². The van der Waals surface area contributed by atoms with E-state index in [0.29, 0.717) is 30.0 Å². The standard InChI is InChI=1S/C19H19N3O3S/c1-24-16-4-3-14(11-17(16)25-2)18(23)21-10-7-15-12-26-19(22-15)13-5-8-20-9-6-13/h3-6,8-9,11-12H,7,10H2,1-2H3,(H,21,23). The van der Waals surface area contributed by atoms with Crippen LogP contribution in [0.5, 0.6) is 11.5 Å². The lowest BCUT2D eigenvalue weighted by Gasteiger charge is -2.09. The van der Waals surface area contributed by atoms with Gasteiger partial charge in [-0.1, -0.05) is 0 Å². The monoisotopic (exact) mass is 369 g/mol. The van der Waals surface area contributed by atoms with E-state index in [0.717, 1.165) is 16.3 Å². The molecule has 3 aromatic rings. The van der Waals surface area contributed by atoms with Gasteiger partial charge in [0, 0.05) is 41.9 Å². The van der Waals surface area contributed by atoms with Gasteiger partial charge in [0.1, 0.15) is 5.01 Å². The molecule has 3 rings (SSSR count). The molecule has 6 nitrogen and oxygen atoms in total. The molecule has 0 saturated carbocycles. The molecule has 2 heterocycles. The van der Waals surface area contributed by atoms with Crippen LogP contribution in [-0.4, -0.2) is 36.6 Å². The molecule has 0 bridgehead atoms. The second-order valence-corrected chi connectivity index (χ2v) is 6.31. The Balaban J connectivity index is 1.57. The van der Waals surface area contributed by atoms with Crippen molar-refractivity contribution in [3.8, 4) is 22.1 Å². The molecule has 1 amide bonds. The van der Waals surface area contributed by atoms with Crippen molar-refractivity contribution in [3.05, 3.63) is 59.4 Å². The molecule has 7 heteroatoms. The molecule has 0 atom stereocenters. The summed E-state index contributed by atoms with van der Waals surface area (Å²) in [5.41, 5.74) is 2.53. The molecule has 0 aliphatic heterocycles. The Morgan fingerprint density at radius 3 is 2.62 bits per heavy atom. The fourth-order valence-corrected chi connectivity index (χ4v) is 3.29. The van der Waals surface area contributed by atoms with Crippen molar-refractivity contribution in [2.45, 2.75) is 6.42 Å². The number of ether oxygens (including phenoxy) is 2. The van der Waals surface area contributed by atoms with Crippen LogP contribution in [0.1, 0.15) is 16.1 Å². The Bertz CT molecular complexity index is 881. The molecule has 2 aromatic heterocycles. The van der Waals surface area contributed by atoms with Crippen LogP contribution in [0.25, 0.3) is 10.6 Å². The number of rotatable bonds is 7. The zero-order chi connectivity index (χ0) is 18.4. The van der Waals surface area contributed by atoms with Crippen LogP contribution >= 0.6 is 11.3 Å². The Morgan fingerprint density at radius 2 is 1.88 bits per heavy atom. The maximum atomic E-state index is 12.3. The SMILES string of the molecule is COc1ccc(C(=O)NCCc2csc(-c3ccncc3)n2)cc1OC. The van der Waals surface area contributed by atoms with Gasteiger partial charge in [0.05, 0.1) is 19.9 Å². The maximum absolute atomic E-state index is 12.3. The van der Waals surface area contributed by atoms with Crippen molar-refractivity contribution < 1.29 is 14.3 Å². The van der Waals surface area contributed by atoms with E-state index in [9.17, 15) is 4.79 Å². The molecule has 0 fully saturated rings. The lowest BCUT2D eigenvalue weighted by Crippen LogP contribution is -2.25. The minimum atomic E-state index is -0.157. The van der Waals surface area contributed by atoms with Gasteiger partial charge in [-0.3, -0.25) is 9.78 Å². The summed E-state index contributed by atoms with van der Waals surface area (Å²) in [6.07, 6.45) is 4.17. The van der Waals surface area contributed by atoms with E-state index in [1.807, 2.05) is 17.5 Å². The number of hydrogen-bond acceptors (Lipinski definition) is 6. The molecule has 0 aliphatic carbocycles. The molecular formula is C19H19N3O3S. The van der Waals surface area contributed by atoms with Crippen LogP contribution in [0.4, 0.5) is 0 Å². The van der Waals surface area contributed by atoms with Crippen LogP contribution < -0.4 is 14.8 Å². The zero-order valence-corrected chi connectivity index (χ0v) is 15.4. The summed E-state index contributed by atoms with van der Waals surface area (Å²) in [6, 6.07) is 8.96. The third-order valence-electron chi connectivity index (χ3n) is 3.79. The van der Waals surface area contributed by atoms with E-state index in [4.69, 9.17) is 9.47 Å². The normalized spacial score (nSPS) is 10.4. The lowest BCUT2D eigenvalue weighted by molar-refractivity contribution is 0.0953. The first-order chi connectivity index (χ1) is 12.7. The van der Waals surface area contributed by atoms with Gasteiger partial charge in [-0.2, -0.15) is 0 Å². The summed E-state index contributed by atoms with van der Waals surface area (Å²) >= 11 is 1.58. The average molecular weight is 369 g/mol. The quantitative estimate of drug-likeness (QED) is 0.692. The highest BCUT2D eigenvalue weighted by molar-refractivity contribution is 7.13. The van der Waals surface area contributed by atoms with E-state index in [1.54, 1.807) is 56.1 Å². The molecule has 0 spiro atoms. The zero-order valence-electron chi connectivity index (χ0n) is 14.6. The Kier molecular flexibility index (Phi) is 5.80. The summed E-state index contributed by atoms with van der Waals surface area (Å²) in [5.74, 6) is 0.965. The number of nitrogens with one attached hydrogen (secondary N) is 1. The molecule has 0 saturated heterocycles. The van der Waals surface area contributed by atoms with Crippen molar-refractivity contribution in [1.29, 1.82) is 0 Å². The predicted octanol–water partition coefficient (Wildman–Crippen LogP) is 3.19. The topological polar surface area (TPSA) is 73.3 Å². The molecule has 1 aromatic carbocycles. The van der Waals surface area contributed by atoms with Gasteiger partial charge < -0.3 is 14.8 Å². The predicted molar refractivity (Wildman–Crippen MR) is 101 cm³/mol. The number of thiazole rings is 1. The molecule has 0 aliphatic rings. The van der Waals surface area contributed by atoms with Crippen LogP contribution in [0, 0.1) is 0 Å². The van der Waals surface area contributed by atoms with E-state index < -0.39 is 0 Å². The third kappa shape index (κ3) is 4.18. The lowest BCUT2D eigenvalue weighted by atomic mass is 10.2. The largest absolute Gasteiger partial charge is 0.493 e. The second kappa shape index (κ2) is 8.44. The highest BCUT2D eigenvalue weighted by atomic mass is 32.1. The Hall–Kier alpha value is -2.93. The van der Waals surface area contributed by atoms with Gasteiger partial charge in [-0.15, -0.1) is 11.3 Å². The van der Waals surface area contributed by atoms with Crippen molar-refractivity contribution in [1.82, 2.24) is 15.3 Å². The smallest absolute Gasteiger partial charge is 0.251 e. The number of carbonyl (C=O) groups is 1. The second-order valence-electron chi connectivity index (χ2n) is 5.46. The summed E-state index contributed by atoms with van der Waals surface area (Å²) in [5, 5.41) is 5.87. The van der Waals surface area contributed by atoms with E-state index in [-0.39, 0.29) is 5.91 Å². The third-order valence-corrected chi connectivity index (χ3v) is 4.73. The fraction of sp³-hybridized carbons (Fsp3) is 0.211. The number of hydrogen-bond donors (Lipinski definition) is 1. The number of carbonyl (C=O) groups excluding carboxylic acids is 1. The highest BCUT2D eigenvalue weighted by Gasteiger charge is 2.11. The summed E-state index contributed by atoms with van der Waals surface area (Å²) in [4.78, 5) is 20.9. The molecule has 0 radical (unpaired) electrons. The first-order valence-corrected chi connectivity index (χ1v) is 8.94. The number of pyridine rings is 1. The first-order valence-electron chi connectivity index (χ1n) is 8.06. The summed E-state index contributed by atoms with van der Waals surface area (Å²) in [7, 11) is 3.10. The van der Waals surface area contributed by atoms with E-state index in [1.165, 1.54) is 0 Å². The van der Waals surface area contributed by atoms with E-state index in [2.05, 4.69) is 15.3 Å². The molecule has 1 N–H and O–H groups in total. The molecule has 26 heavy (non-hydrogen) atoms. The summed E-state index contributed by atoms with van der Waals surface area (Å²) in [6.45, 7) is 0.507. The van der Waals surface area contributed by atoms with Gasteiger partial charge in [-0.25, -0.2) is 4.98 Å². The van der Waals surface area contributed by atoms with Crippen LogP contribution in [0.2, 0.25) is 0 Å². The number of benzene rings is 1. The molecular weight excluding hydrogens is 350 g/mol. The first kappa shape index (κ1) is 17.9. The highest BCUT2D eigenvalue weighted by Crippen LogP contribution is 2.27. The number of nitrogens with zero attached hydrogens (tertiary/aromatic N) is 2. The van der Waals surface area contributed by atoms with E-state index >= 15 is 0 Å². The Labute approximate surface area is 155 Å². The number of methoxy groups -OCH3 is 2. The average Bonchev–Trinajstić information content (AvgIpc) is 3.17. The van der Waals surface area contributed by atoms with Gasteiger partial charge in [0.2, 0.25) is 0 Å². The van der Waals surface area contributed by atoms with Crippen molar-refractivity contribution in [2.75, 3.05) is 20.8 Å². The van der Waals surface area contributed by atoms with Crippen LogP contribution in [0.3, 0.4) is 0 Å². The van der Waals surface area contributed by atoms with Crippen molar-refractivity contribution in [3.63, 3.8) is 0 Å². The number of aromatic nitrogens is 2. The van der Waals surface area contributed by atoms with Crippen LogP contribution in [0.15, 0.2) is 48.1 Å². The van der Waals surface area contributed by atoms with Crippen LogP contribution in [-0.2, 0) is 6.42 Å². The number of amides is 1. The Morgan fingerprint density at radius 1 is 1.12 bits per heavy atom. The van der Waals surface area contributed by atoms with Gasteiger partial charge >= 0.3 is 0 Å². The van der Waals surface area contributed by atoms with Gasteiger partial charge in [0.25, 0.3) is 5.91 Å². The minimum Gasteiger partial charge on any atom is -0.493 e. The maximum Gasteiger partial charge on any atom is 0.251 e. The molecule has 0 unspecified atom stereocenters. The van der Waals surface area contributed by atoms with Gasteiger partial charge in [0.15, 0.2) is 11.5 Å². The molecule has 134 valence electrons.